The largest absolute Gasteiger partial charge is 0.494 e. The Bertz CT molecular complexity index is 973. The fraction of sp³-hybridized carbons (Fsp3) is 0.231. The molecular weight excluding hydrogens is 388 g/mol. The number of hydrogen-bond acceptors (Lipinski definition) is 3. The minimum Gasteiger partial charge on any atom is -0.494 e. The molecule has 160 valence electrons. The molecule has 1 atom stereocenters. The Labute approximate surface area is 183 Å². The summed E-state index contributed by atoms with van der Waals surface area (Å²) in [6.07, 6.45) is 0.177. The molecule has 5 heteroatoms. The van der Waals surface area contributed by atoms with E-state index in [0.717, 1.165) is 16.9 Å². The van der Waals surface area contributed by atoms with E-state index in [2.05, 4.69) is 5.32 Å². The molecule has 0 bridgehead atoms. The number of nitrogens with one attached hydrogen (secondary N) is 1. The average molecular weight is 417 g/mol. The molecule has 1 N–H and O–H groups in total. The molecule has 0 fully saturated rings. The quantitative estimate of drug-likeness (QED) is 0.554. The number of hydrogen-bond donors (Lipinski definition) is 1. The van der Waals surface area contributed by atoms with E-state index in [1.54, 1.807) is 24.1 Å². The third-order valence-electron chi connectivity index (χ3n) is 5.00. The van der Waals surface area contributed by atoms with Crippen molar-refractivity contribution in [1.82, 2.24) is 10.2 Å². The van der Waals surface area contributed by atoms with Gasteiger partial charge in [0.15, 0.2) is 0 Å². The second-order valence-electron chi connectivity index (χ2n) is 7.33. The highest BCUT2D eigenvalue weighted by atomic mass is 16.5. The first kappa shape index (κ1) is 22.1. The molecule has 0 saturated heterocycles. The summed E-state index contributed by atoms with van der Waals surface area (Å²) in [7, 11) is 1.78. The number of ether oxygens (including phenoxy) is 1. The van der Waals surface area contributed by atoms with Crippen molar-refractivity contribution >= 4 is 11.8 Å². The molecule has 3 aromatic carbocycles. The van der Waals surface area contributed by atoms with Crippen LogP contribution in [0.4, 0.5) is 0 Å². The van der Waals surface area contributed by atoms with Crippen molar-refractivity contribution in [3.8, 4) is 5.75 Å². The highest BCUT2D eigenvalue weighted by Crippen LogP contribution is 2.20. The molecule has 0 aromatic heterocycles. The Morgan fingerprint density at radius 3 is 2.13 bits per heavy atom. The molecule has 0 aliphatic carbocycles. The molecule has 3 rings (SSSR count). The van der Waals surface area contributed by atoms with Crippen LogP contribution in [0, 0.1) is 0 Å². The Morgan fingerprint density at radius 2 is 1.52 bits per heavy atom. The number of benzene rings is 3. The summed E-state index contributed by atoms with van der Waals surface area (Å²) in [6.45, 7) is 3.05. The fourth-order valence-electron chi connectivity index (χ4n) is 3.32. The molecule has 0 aliphatic heterocycles. The number of amides is 2. The van der Waals surface area contributed by atoms with Crippen molar-refractivity contribution in [3.05, 3.63) is 102 Å². The van der Waals surface area contributed by atoms with Crippen molar-refractivity contribution in [2.75, 3.05) is 13.7 Å². The van der Waals surface area contributed by atoms with Gasteiger partial charge in [0, 0.05) is 19.2 Å². The van der Waals surface area contributed by atoms with E-state index in [9.17, 15) is 9.59 Å². The highest BCUT2D eigenvalue weighted by molar-refractivity contribution is 5.94. The summed E-state index contributed by atoms with van der Waals surface area (Å²) < 4.78 is 5.47. The molecule has 0 spiro atoms. The van der Waals surface area contributed by atoms with E-state index < -0.39 is 6.04 Å². The van der Waals surface area contributed by atoms with Crippen molar-refractivity contribution < 1.29 is 14.3 Å². The van der Waals surface area contributed by atoms with Gasteiger partial charge in [-0.05, 0) is 42.3 Å². The van der Waals surface area contributed by atoms with Gasteiger partial charge in [-0.2, -0.15) is 0 Å². The second kappa shape index (κ2) is 11.0. The number of nitrogens with zero attached hydrogens (tertiary/aromatic N) is 1. The van der Waals surface area contributed by atoms with Crippen molar-refractivity contribution in [3.63, 3.8) is 0 Å². The van der Waals surface area contributed by atoms with Gasteiger partial charge in [0.25, 0.3) is 5.91 Å². The molecule has 1 unspecified atom stereocenters. The van der Waals surface area contributed by atoms with E-state index in [0.29, 0.717) is 18.7 Å². The fourth-order valence-corrected chi connectivity index (χ4v) is 3.32. The first-order chi connectivity index (χ1) is 15.1. The lowest BCUT2D eigenvalue weighted by atomic mass is 10.0. The van der Waals surface area contributed by atoms with Crippen molar-refractivity contribution in [2.24, 2.45) is 0 Å². The van der Waals surface area contributed by atoms with Gasteiger partial charge in [0.2, 0.25) is 5.91 Å². The van der Waals surface area contributed by atoms with Crippen LogP contribution in [-0.4, -0.2) is 30.4 Å². The van der Waals surface area contributed by atoms with E-state index >= 15 is 0 Å². The van der Waals surface area contributed by atoms with Gasteiger partial charge >= 0.3 is 0 Å². The molecule has 0 saturated carbocycles. The molecule has 31 heavy (non-hydrogen) atoms. The van der Waals surface area contributed by atoms with Crippen LogP contribution in [0.15, 0.2) is 84.9 Å². The summed E-state index contributed by atoms with van der Waals surface area (Å²) in [5.74, 6) is 0.570. The normalized spacial score (nSPS) is 11.4. The van der Waals surface area contributed by atoms with Crippen LogP contribution in [0.1, 0.15) is 40.9 Å². The lowest BCUT2D eigenvalue weighted by Gasteiger charge is -2.23. The lowest BCUT2D eigenvalue weighted by Crippen LogP contribution is -2.34. The Balaban J connectivity index is 1.68. The monoisotopic (exact) mass is 416 g/mol. The summed E-state index contributed by atoms with van der Waals surface area (Å²) in [4.78, 5) is 27.4. The molecule has 2 amide bonds. The summed E-state index contributed by atoms with van der Waals surface area (Å²) in [5, 5.41) is 3.02. The van der Waals surface area contributed by atoms with Crippen LogP contribution in [0.5, 0.6) is 5.75 Å². The number of carbonyl (C=O) groups is 2. The molecular formula is C26H28N2O3. The zero-order valence-corrected chi connectivity index (χ0v) is 18.0. The molecule has 5 nitrogen and oxygen atoms in total. The maximum Gasteiger partial charge on any atom is 0.251 e. The number of carbonyl (C=O) groups excluding carboxylic acids is 2. The maximum atomic E-state index is 13.0. The summed E-state index contributed by atoms with van der Waals surface area (Å²) in [5.41, 5.74) is 2.48. The van der Waals surface area contributed by atoms with E-state index in [4.69, 9.17) is 4.74 Å². The first-order valence-electron chi connectivity index (χ1n) is 10.4. The standard InChI is InChI=1S/C26H28N2O3/c1-3-31-23-16-14-20(15-17-23)19-28(2)25(29)18-24(21-10-6-4-7-11-21)27-26(30)22-12-8-5-9-13-22/h4-17,24H,3,18-19H2,1-2H3,(H,27,30). The Kier molecular flexibility index (Phi) is 7.82. The Hall–Kier alpha value is -3.60. The van der Waals surface area contributed by atoms with Gasteiger partial charge in [-0.3, -0.25) is 9.59 Å². The van der Waals surface area contributed by atoms with Crippen LogP contribution < -0.4 is 10.1 Å². The van der Waals surface area contributed by atoms with Gasteiger partial charge < -0.3 is 15.0 Å². The third-order valence-corrected chi connectivity index (χ3v) is 5.00. The van der Waals surface area contributed by atoms with Gasteiger partial charge in [-0.25, -0.2) is 0 Å². The minimum atomic E-state index is -0.413. The van der Waals surface area contributed by atoms with E-state index in [1.165, 1.54) is 0 Å². The van der Waals surface area contributed by atoms with Crippen LogP contribution >= 0.6 is 0 Å². The number of rotatable bonds is 9. The minimum absolute atomic E-state index is 0.0453. The van der Waals surface area contributed by atoms with Crippen molar-refractivity contribution in [2.45, 2.75) is 25.9 Å². The SMILES string of the molecule is CCOc1ccc(CN(C)C(=O)CC(NC(=O)c2ccccc2)c2ccccc2)cc1. The molecule has 0 radical (unpaired) electrons. The molecule has 0 heterocycles. The maximum absolute atomic E-state index is 13.0. The van der Waals surface area contributed by atoms with Gasteiger partial charge in [-0.1, -0.05) is 60.7 Å². The third kappa shape index (κ3) is 6.44. The zero-order valence-electron chi connectivity index (χ0n) is 18.0. The highest BCUT2D eigenvalue weighted by Gasteiger charge is 2.21. The molecule has 3 aromatic rings. The average Bonchev–Trinajstić information content (AvgIpc) is 2.81. The summed E-state index contributed by atoms with van der Waals surface area (Å²) in [6, 6.07) is 25.9. The lowest BCUT2D eigenvalue weighted by molar-refractivity contribution is -0.130. The van der Waals surface area contributed by atoms with E-state index in [1.807, 2.05) is 79.7 Å². The smallest absolute Gasteiger partial charge is 0.251 e. The molecule has 0 aliphatic rings. The van der Waals surface area contributed by atoms with Crippen molar-refractivity contribution in [1.29, 1.82) is 0 Å². The topological polar surface area (TPSA) is 58.6 Å². The van der Waals surface area contributed by atoms with Gasteiger partial charge in [-0.15, -0.1) is 0 Å². The van der Waals surface area contributed by atoms with Gasteiger partial charge in [0.05, 0.1) is 19.1 Å². The Morgan fingerprint density at radius 1 is 0.903 bits per heavy atom. The predicted molar refractivity (Wildman–Crippen MR) is 122 cm³/mol. The summed E-state index contributed by atoms with van der Waals surface area (Å²) >= 11 is 0. The first-order valence-corrected chi connectivity index (χ1v) is 10.4. The van der Waals surface area contributed by atoms with E-state index in [-0.39, 0.29) is 18.2 Å². The predicted octanol–water partition coefficient (Wildman–Crippen LogP) is 4.61. The van der Waals surface area contributed by atoms with Crippen LogP contribution in [0.3, 0.4) is 0 Å². The zero-order chi connectivity index (χ0) is 22.1. The van der Waals surface area contributed by atoms with Gasteiger partial charge in [0.1, 0.15) is 5.75 Å². The second-order valence-corrected chi connectivity index (χ2v) is 7.33. The van der Waals surface area contributed by atoms with Crippen LogP contribution in [0.2, 0.25) is 0 Å². The van der Waals surface area contributed by atoms with Crippen LogP contribution in [-0.2, 0) is 11.3 Å². The van der Waals surface area contributed by atoms with Crippen LogP contribution in [0.25, 0.3) is 0 Å².